The molecule has 0 saturated carbocycles. The molecule has 3 amide bonds. The first-order valence-electron chi connectivity index (χ1n) is 12.0. The topological polar surface area (TPSA) is 146 Å². The Bertz CT molecular complexity index is 1390. The smallest absolute Gasteiger partial charge is 0.332 e. The summed E-state index contributed by atoms with van der Waals surface area (Å²) in [4.78, 5) is 27.8. The van der Waals surface area contributed by atoms with Crippen molar-refractivity contribution in [2.24, 2.45) is 5.73 Å². The molecule has 17 heteroatoms. The van der Waals surface area contributed by atoms with Crippen LogP contribution < -0.4 is 15.2 Å². The number of amides is 3. The largest absolute Gasteiger partial charge is 0.451 e. The van der Waals surface area contributed by atoms with Gasteiger partial charge in [0.2, 0.25) is 5.91 Å². The van der Waals surface area contributed by atoms with Crippen molar-refractivity contribution in [2.45, 2.75) is 10.9 Å². The van der Waals surface area contributed by atoms with Gasteiger partial charge in [-0.15, -0.1) is 0 Å². The third-order valence-corrected chi connectivity index (χ3v) is 9.59. The summed E-state index contributed by atoms with van der Waals surface area (Å²) in [5.41, 5.74) is 5.48. The Balaban J connectivity index is 1.47. The van der Waals surface area contributed by atoms with E-state index in [0.717, 1.165) is 20.7 Å². The number of primary amides is 1. The summed E-state index contributed by atoms with van der Waals surface area (Å²) in [6, 6.07) is 5.12. The maximum Gasteiger partial charge on any atom is 0.332 e. The number of piperazine rings is 2. The maximum atomic E-state index is 14.8. The third-order valence-electron chi connectivity index (χ3n) is 6.39. The van der Waals surface area contributed by atoms with Crippen LogP contribution in [0, 0.1) is 11.6 Å². The molecular weight excluding hydrogens is 594 g/mol. The first kappa shape index (κ1) is 30.1. The van der Waals surface area contributed by atoms with Crippen molar-refractivity contribution in [3.8, 4) is 11.5 Å². The van der Waals surface area contributed by atoms with Gasteiger partial charge in [-0.2, -0.15) is 12.7 Å². The molecule has 2 aliphatic rings. The number of likely N-dealkylation sites (N-methyl/N-ethyl adjacent to an activating group) is 1. The lowest BCUT2D eigenvalue weighted by Gasteiger charge is -2.38. The SMILES string of the molecule is CN1CCN(C(=O)NS(=O)(=O)N2CCN(S(=O)c3cc(F)c(Oc4ccc(Cl)cc4)c(F)c3)[C@@H](C(N)=O)C2)CC1. The molecule has 40 heavy (non-hydrogen) atoms. The van der Waals surface area contributed by atoms with E-state index in [1.807, 2.05) is 16.7 Å². The van der Waals surface area contributed by atoms with Crippen LogP contribution in [-0.4, -0.2) is 102 Å². The number of carbonyl (C=O) groups excluding carboxylic acids is 2. The average molecular weight is 621 g/mol. The van der Waals surface area contributed by atoms with Crippen LogP contribution in [0.2, 0.25) is 5.02 Å². The average Bonchev–Trinajstić information content (AvgIpc) is 2.91. The molecule has 2 aromatic rings. The molecular formula is C23H27ClF2N6O6S2. The van der Waals surface area contributed by atoms with Gasteiger partial charge in [-0.1, -0.05) is 11.6 Å². The minimum absolute atomic E-state index is 0.113. The Kier molecular flexibility index (Phi) is 9.26. The number of nitrogens with two attached hydrogens (primary N) is 1. The molecule has 2 aliphatic heterocycles. The van der Waals surface area contributed by atoms with E-state index in [1.54, 1.807) is 0 Å². The Morgan fingerprint density at radius 2 is 1.65 bits per heavy atom. The highest BCUT2D eigenvalue weighted by atomic mass is 35.5. The van der Waals surface area contributed by atoms with Gasteiger partial charge in [-0.25, -0.2) is 26.8 Å². The Morgan fingerprint density at radius 3 is 2.23 bits per heavy atom. The molecule has 4 rings (SSSR count). The second-order valence-corrected chi connectivity index (χ2v) is 12.7. The van der Waals surface area contributed by atoms with Crippen LogP contribution in [0.5, 0.6) is 11.5 Å². The highest BCUT2D eigenvalue weighted by Crippen LogP contribution is 2.31. The molecule has 2 heterocycles. The standard InChI is InChI=1S/C23H27ClF2N6O6S2/c1-29-6-8-30(9-7-29)23(34)28-40(36,37)31-10-11-32(20(14-31)22(27)33)39(35)17-12-18(25)21(19(26)13-17)38-16-4-2-15(24)3-5-16/h2-5,12-13,20H,6-11,14H2,1H3,(H2,27,33)(H,28,34)/t20-,39?/m1/s1. The zero-order chi connectivity index (χ0) is 29.2. The molecule has 0 bridgehead atoms. The van der Waals surface area contributed by atoms with Crippen molar-refractivity contribution in [2.75, 3.05) is 52.9 Å². The predicted molar refractivity (Wildman–Crippen MR) is 142 cm³/mol. The van der Waals surface area contributed by atoms with E-state index in [1.165, 1.54) is 29.2 Å². The number of hydrogen-bond acceptors (Lipinski definition) is 7. The quantitative estimate of drug-likeness (QED) is 0.472. The summed E-state index contributed by atoms with van der Waals surface area (Å²) in [7, 11) is -4.80. The normalized spacial score (nSPS) is 20.2. The molecule has 2 aromatic carbocycles. The molecule has 0 radical (unpaired) electrons. The molecule has 2 saturated heterocycles. The first-order chi connectivity index (χ1) is 18.9. The number of benzene rings is 2. The van der Waals surface area contributed by atoms with Gasteiger partial charge in [0.1, 0.15) is 22.8 Å². The summed E-state index contributed by atoms with van der Waals surface area (Å²) in [5, 5.41) is 0.397. The fourth-order valence-corrected chi connectivity index (χ4v) is 6.72. The van der Waals surface area contributed by atoms with Gasteiger partial charge < -0.3 is 20.3 Å². The Labute approximate surface area is 237 Å². The van der Waals surface area contributed by atoms with E-state index in [9.17, 15) is 31.0 Å². The van der Waals surface area contributed by atoms with Crippen LogP contribution in [0.15, 0.2) is 41.3 Å². The first-order valence-corrected chi connectivity index (χ1v) is 14.9. The van der Waals surface area contributed by atoms with Crippen molar-refractivity contribution in [3.63, 3.8) is 0 Å². The lowest BCUT2D eigenvalue weighted by molar-refractivity contribution is -0.122. The van der Waals surface area contributed by atoms with E-state index in [2.05, 4.69) is 0 Å². The fourth-order valence-electron chi connectivity index (χ4n) is 4.13. The van der Waals surface area contributed by atoms with Crippen LogP contribution >= 0.6 is 11.6 Å². The van der Waals surface area contributed by atoms with Gasteiger partial charge in [0.05, 0.1) is 4.90 Å². The third kappa shape index (κ3) is 6.87. The summed E-state index contributed by atoms with van der Waals surface area (Å²) in [6.07, 6.45) is 0. The molecule has 0 aromatic heterocycles. The van der Waals surface area contributed by atoms with Crippen LogP contribution in [-0.2, 0) is 26.0 Å². The maximum absolute atomic E-state index is 14.8. The fraction of sp³-hybridized carbons (Fsp3) is 0.391. The zero-order valence-electron chi connectivity index (χ0n) is 21.3. The van der Waals surface area contributed by atoms with Gasteiger partial charge >= 0.3 is 16.2 Å². The number of carbonyl (C=O) groups is 2. The number of nitrogens with one attached hydrogen (secondary N) is 1. The summed E-state index contributed by atoms with van der Waals surface area (Å²) in [6.45, 7) is 0.749. The van der Waals surface area contributed by atoms with Crippen molar-refractivity contribution in [1.29, 1.82) is 0 Å². The highest BCUT2D eigenvalue weighted by molar-refractivity contribution is 7.87. The van der Waals surface area contributed by atoms with Crippen LogP contribution in [0.25, 0.3) is 0 Å². The number of urea groups is 1. The predicted octanol–water partition coefficient (Wildman–Crippen LogP) is 1.11. The second kappa shape index (κ2) is 12.3. The van der Waals surface area contributed by atoms with E-state index >= 15 is 0 Å². The van der Waals surface area contributed by atoms with Gasteiger partial charge in [-0.05, 0) is 43.4 Å². The lowest BCUT2D eigenvalue weighted by Crippen LogP contribution is -2.62. The molecule has 2 fully saturated rings. The van der Waals surface area contributed by atoms with Crippen LogP contribution in [0.1, 0.15) is 0 Å². The summed E-state index contributed by atoms with van der Waals surface area (Å²) < 4.78 is 77.8. The number of halogens is 3. The minimum atomic E-state index is -4.38. The number of hydrogen-bond donors (Lipinski definition) is 2. The minimum Gasteiger partial charge on any atom is -0.451 e. The van der Waals surface area contributed by atoms with Crippen LogP contribution in [0.4, 0.5) is 13.6 Å². The van der Waals surface area contributed by atoms with Crippen molar-refractivity contribution in [1.82, 2.24) is 23.1 Å². The monoisotopic (exact) mass is 620 g/mol. The Morgan fingerprint density at radius 1 is 1.05 bits per heavy atom. The van der Waals surface area contributed by atoms with Crippen molar-refractivity contribution < 1.29 is 35.7 Å². The summed E-state index contributed by atoms with van der Waals surface area (Å²) >= 11 is 5.80. The molecule has 2 atom stereocenters. The van der Waals surface area contributed by atoms with Crippen LogP contribution in [0.3, 0.4) is 0 Å². The zero-order valence-corrected chi connectivity index (χ0v) is 23.6. The molecule has 12 nitrogen and oxygen atoms in total. The van der Waals surface area contributed by atoms with Crippen molar-refractivity contribution in [3.05, 3.63) is 53.1 Å². The molecule has 0 spiro atoms. The van der Waals surface area contributed by atoms with E-state index in [0.29, 0.717) is 31.2 Å². The number of ether oxygens (including phenoxy) is 1. The second-order valence-electron chi connectivity index (χ2n) is 9.14. The van der Waals surface area contributed by atoms with Gasteiger partial charge in [-0.3, -0.25) is 4.79 Å². The lowest BCUT2D eigenvalue weighted by atomic mass is 10.2. The highest BCUT2D eigenvalue weighted by Gasteiger charge is 2.40. The number of nitrogens with zero attached hydrogens (tertiary/aromatic N) is 4. The summed E-state index contributed by atoms with van der Waals surface area (Å²) in [5.74, 6) is -3.94. The number of rotatable bonds is 7. The van der Waals surface area contributed by atoms with E-state index < -0.39 is 63.1 Å². The molecule has 218 valence electrons. The Hall–Kier alpha value is -2.89. The van der Waals surface area contributed by atoms with E-state index in [4.69, 9.17) is 22.1 Å². The molecule has 3 N–H and O–H groups in total. The van der Waals surface area contributed by atoms with Gasteiger partial charge in [0.25, 0.3) is 0 Å². The van der Waals surface area contributed by atoms with Crippen molar-refractivity contribution >= 4 is 44.7 Å². The molecule has 0 aliphatic carbocycles. The van der Waals surface area contributed by atoms with Gasteiger partial charge in [0.15, 0.2) is 17.4 Å². The molecule has 1 unspecified atom stereocenters. The van der Waals surface area contributed by atoms with E-state index in [-0.39, 0.29) is 23.7 Å². The van der Waals surface area contributed by atoms with Gasteiger partial charge in [0, 0.05) is 50.8 Å².